The Labute approximate surface area is 137 Å². The Morgan fingerprint density at radius 3 is 2.30 bits per heavy atom. The smallest absolute Gasteiger partial charge is 0.264 e. The molecule has 0 saturated carbocycles. The Bertz CT molecular complexity index is 768. The zero-order valence-corrected chi connectivity index (χ0v) is 14.1. The van der Waals surface area contributed by atoms with Crippen LogP contribution in [0.4, 0.5) is 0 Å². The number of benzene rings is 2. The zero-order valence-electron chi connectivity index (χ0n) is 13.3. The molecule has 0 aliphatic rings. The van der Waals surface area contributed by atoms with Crippen molar-refractivity contribution in [1.29, 1.82) is 0 Å². The molecule has 0 spiro atoms. The summed E-state index contributed by atoms with van der Waals surface area (Å²) in [7, 11) is -3.84. The number of sulfonamides is 1. The van der Waals surface area contributed by atoms with E-state index in [-0.39, 0.29) is 11.3 Å². The molecule has 0 radical (unpaired) electrons. The van der Waals surface area contributed by atoms with Crippen LogP contribution in [0.5, 0.6) is 0 Å². The second-order valence-electron chi connectivity index (χ2n) is 5.86. The molecule has 0 saturated heterocycles. The average molecular weight is 331 g/mol. The van der Waals surface area contributed by atoms with Crippen molar-refractivity contribution in [3.8, 4) is 11.1 Å². The summed E-state index contributed by atoms with van der Waals surface area (Å²) in [5.41, 5.74) is 1.72. The normalized spacial score (nSPS) is 11.4. The summed E-state index contributed by atoms with van der Waals surface area (Å²) in [6.07, 6.45) is 0.862. The van der Waals surface area contributed by atoms with E-state index in [1.165, 1.54) is 6.07 Å². The quantitative estimate of drug-likeness (QED) is 0.880. The van der Waals surface area contributed by atoms with Gasteiger partial charge in [0.2, 0.25) is 5.91 Å². The minimum Gasteiger partial charge on any atom is -0.274 e. The van der Waals surface area contributed by atoms with E-state index in [9.17, 15) is 13.2 Å². The van der Waals surface area contributed by atoms with Gasteiger partial charge in [0, 0.05) is 6.42 Å². The van der Waals surface area contributed by atoms with Gasteiger partial charge in [0.15, 0.2) is 0 Å². The van der Waals surface area contributed by atoms with Gasteiger partial charge in [-0.15, -0.1) is 0 Å². The molecule has 0 atom stereocenters. The molecule has 0 aliphatic heterocycles. The van der Waals surface area contributed by atoms with Gasteiger partial charge in [0.05, 0.1) is 4.90 Å². The lowest BCUT2D eigenvalue weighted by atomic mass is 10.1. The first-order valence-electron chi connectivity index (χ1n) is 7.59. The first-order chi connectivity index (χ1) is 10.9. The minimum absolute atomic E-state index is 0.0942. The summed E-state index contributed by atoms with van der Waals surface area (Å²) in [6, 6.07) is 16.1. The van der Waals surface area contributed by atoms with Gasteiger partial charge < -0.3 is 0 Å². The predicted molar refractivity (Wildman–Crippen MR) is 91.3 cm³/mol. The van der Waals surface area contributed by atoms with Gasteiger partial charge >= 0.3 is 0 Å². The van der Waals surface area contributed by atoms with Gasteiger partial charge in [-0.2, -0.15) is 0 Å². The summed E-state index contributed by atoms with van der Waals surface area (Å²) in [4.78, 5) is 11.9. The highest BCUT2D eigenvalue weighted by atomic mass is 32.2. The summed E-state index contributed by atoms with van der Waals surface area (Å²) < 4.78 is 26.8. The monoisotopic (exact) mass is 331 g/mol. The number of carbonyl (C=O) groups is 1. The molecule has 0 aliphatic carbocycles. The molecule has 122 valence electrons. The van der Waals surface area contributed by atoms with E-state index in [2.05, 4.69) is 4.72 Å². The molecule has 2 rings (SSSR count). The molecule has 0 unspecified atom stereocenters. The van der Waals surface area contributed by atoms with Gasteiger partial charge in [0.25, 0.3) is 10.0 Å². The number of hydrogen-bond acceptors (Lipinski definition) is 3. The molecular weight excluding hydrogens is 310 g/mol. The Hall–Kier alpha value is -2.14. The third-order valence-corrected chi connectivity index (χ3v) is 4.82. The predicted octanol–water partition coefficient (Wildman–Crippen LogP) is 3.59. The minimum atomic E-state index is -3.84. The molecule has 0 bridgehead atoms. The van der Waals surface area contributed by atoms with Crippen LogP contribution in [0.1, 0.15) is 26.7 Å². The Morgan fingerprint density at radius 2 is 1.65 bits per heavy atom. The highest BCUT2D eigenvalue weighted by Gasteiger charge is 2.18. The molecule has 1 amide bonds. The van der Waals surface area contributed by atoms with Crippen LogP contribution in [-0.2, 0) is 14.8 Å². The number of rotatable bonds is 6. The summed E-state index contributed by atoms with van der Waals surface area (Å²) >= 11 is 0. The molecule has 5 heteroatoms. The lowest BCUT2D eigenvalue weighted by molar-refractivity contribution is -0.119. The van der Waals surface area contributed by atoms with E-state index in [4.69, 9.17) is 0 Å². The van der Waals surface area contributed by atoms with Crippen molar-refractivity contribution in [3.63, 3.8) is 0 Å². The molecule has 0 heterocycles. The van der Waals surface area contributed by atoms with Crippen molar-refractivity contribution in [2.45, 2.75) is 31.6 Å². The van der Waals surface area contributed by atoms with Crippen molar-refractivity contribution in [3.05, 3.63) is 54.6 Å². The van der Waals surface area contributed by atoms with Gasteiger partial charge in [-0.3, -0.25) is 4.79 Å². The molecule has 2 aromatic carbocycles. The van der Waals surface area contributed by atoms with Gasteiger partial charge in [-0.25, -0.2) is 13.1 Å². The largest absolute Gasteiger partial charge is 0.274 e. The van der Waals surface area contributed by atoms with Crippen molar-refractivity contribution < 1.29 is 13.2 Å². The zero-order chi connectivity index (χ0) is 16.9. The van der Waals surface area contributed by atoms with Gasteiger partial charge in [-0.1, -0.05) is 56.3 Å². The van der Waals surface area contributed by atoms with E-state index >= 15 is 0 Å². The van der Waals surface area contributed by atoms with Crippen LogP contribution < -0.4 is 4.72 Å². The van der Waals surface area contributed by atoms with Crippen LogP contribution >= 0.6 is 0 Å². The molecule has 0 aromatic heterocycles. The number of hydrogen-bond donors (Lipinski definition) is 1. The Balaban J connectivity index is 2.19. The summed E-state index contributed by atoms with van der Waals surface area (Å²) in [6.45, 7) is 3.98. The van der Waals surface area contributed by atoms with Crippen molar-refractivity contribution in [1.82, 2.24) is 4.72 Å². The maximum Gasteiger partial charge on any atom is 0.264 e. The first-order valence-corrected chi connectivity index (χ1v) is 9.08. The molecular formula is C18H21NO3S. The first kappa shape index (κ1) is 17.2. The third kappa shape index (κ3) is 4.93. The van der Waals surface area contributed by atoms with E-state index < -0.39 is 15.9 Å². The lowest BCUT2D eigenvalue weighted by Gasteiger charge is -2.09. The fourth-order valence-electron chi connectivity index (χ4n) is 2.15. The molecule has 1 N–H and O–H groups in total. The molecule has 4 nitrogen and oxygen atoms in total. The van der Waals surface area contributed by atoms with Crippen molar-refractivity contribution in [2.75, 3.05) is 0 Å². The number of amides is 1. The number of nitrogens with one attached hydrogen (secondary N) is 1. The maximum absolute atomic E-state index is 12.3. The van der Waals surface area contributed by atoms with E-state index in [1.54, 1.807) is 12.1 Å². The third-order valence-electron chi connectivity index (χ3n) is 3.45. The summed E-state index contributed by atoms with van der Waals surface area (Å²) in [5, 5.41) is 0. The molecule has 0 fully saturated rings. The van der Waals surface area contributed by atoms with E-state index in [1.807, 2.05) is 50.2 Å². The standard InChI is InChI=1S/C18H21NO3S/c1-14(2)11-12-18(20)19-23(21,22)17-10-6-9-16(13-17)15-7-4-3-5-8-15/h3-10,13-14H,11-12H2,1-2H3,(H,19,20). The van der Waals surface area contributed by atoms with Crippen LogP contribution in [0.15, 0.2) is 59.5 Å². The highest BCUT2D eigenvalue weighted by molar-refractivity contribution is 7.90. The Morgan fingerprint density at radius 1 is 1.00 bits per heavy atom. The van der Waals surface area contributed by atoms with Crippen LogP contribution in [0.25, 0.3) is 11.1 Å². The van der Waals surface area contributed by atoms with Crippen LogP contribution in [0.3, 0.4) is 0 Å². The van der Waals surface area contributed by atoms with Crippen molar-refractivity contribution >= 4 is 15.9 Å². The van der Waals surface area contributed by atoms with E-state index in [0.29, 0.717) is 12.3 Å². The molecule has 2 aromatic rings. The maximum atomic E-state index is 12.3. The Kier molecular flexibility index (Phi) is 5.55. The van der Waals surface area contributed by atoms with Crippen LogP contribution in [-0.4, -0.2) is 14.3 Å². The second-order valence-corrected chi connectivity index (χ2v) is 7.54. The van der Waals surface area contributed by atoms with Crippen molar-refractivity contribution in [2.24, 2.45) is 5.92 Å². The van der Waals surface area contributed by atoms with E-state index in [0.717, 1.165) is 11.1 Å². The van der Waals surface area contributed by atoms with Gasteiger partial charge in [0.1, 0.15) is 0 Å². The average Bonchev–Trinajstić information content (AvgIpc) is 2.53. The van der Waals surface area contributed by atoms with Crippen LogP contribution in [0.2, 0.25) is 0 Å². The van der Waals surface area contributed by atoms with Gasteiger partial charge in [-0.05, 0) is 35.6 Å². The SMILES string of the molecule is CC(C)CCC(=O)NS(=O)(=O)c1cccc(-c2ccccc2)c1. The highest BCUT2D eigenvalue weighted by Crippen LogP contribution is 2.22. The van der Waals surface area contributed by atoms with Crippen LogP contribution in [0, 0.1) is 5.92 Å². The number of carbonyl (C=O) groups excluding carboxylic acids is 1. The summed E-state index contributed by atoms with van der Waals surface area (Å²) in [5.74, 6) is -0.117. The lowest BCUT2D eigenvalue weighted by Crippen LogP contribution is -2.30. The fraction of sp³-hybridized carbons (Fsp3) is 0.278. The fourth-order valence-corrected chi connectivity index (χ4v) is 3.21. The second kappa shape index (κ2) is 7.42. The topological polar surface area (TPSA) is 63.2 Å². The molecule has 23 heavy (non-hydrogen) atoms.